The summed E-state index contributed by atoms with van der Waals surface area (Å²) >= 11 is 0. The molecule has 1 amide bonds. The molecule has 1 rings (SSSR count). The normalized spacial score (nSPS) is 18.1. The van der Waals surface area contributed by atoms with E-state index in [-0.39, 0.29) is 6.09 Å². The summed E-state index contributed by atoms with van der Waals surface area (Å²) in [4.78, 5) is 13.5. The van der Waals surface area contributed by atoms with Gasteiger partial charge in [-0.1, -0.05) is 19.8 Å². The average molecular weight is 284 g/mol. The zero-order valence-corrected chi connectivity index (χ0v) is 13.9. The van der Waals surface area contributed by atoms with Crippen LogP contribution in [0.25, 0.3) is 0 Å². The molecule has 4 nitrogen and oxygen atoms in total. The second-order valence-electron chi connectivity index (χ2n) is 7.27. The Bertz CT molecular complexity index is 293. The average Bonchev–Trinajstić information content (AvgIpc) is 2.79. The molecule has 0 saturated heterocycles. The van der Waals surface area contributed by atoms with E-state index in [0.717, 1.165) is 25.6 Å². The van der Waals surface area contributed by atoms with Crippen LogP contribution < -0.4 is 5.32 Å². The van der Waals surface area contributed by atoms with Gasteiger partial charge in [0.05, 0.1) is 0 Å². The van der Waals surface area contributed by atoms with Gasteiger partial charge >= 0.3 is 6.09 Å². The zero-order valence-electron chi connectivity index (χ0n) is 13.9. The van der Waals surface area contributed by atoms with Crippen LogP contribution in [0, 0.1) is 11.8 Å². The number of carbonyl (C=O) groups is 1. The van der Waals surface area contributed by atoms with E-state index in [1.54, 1.807) is 4.90 Å². The molecule has 1 atom stereocenters. The minimum Gasteiger partial charge on any atom is -0.444 e. The van der Waals surface area contributed by atoms with E-state index in [9.17, 15) is 4.79 Å². The fraction of sp³-hybridized carbons (Fsp3) is 0.938. The molecule has 0 aromatic carbocycles. The van der Waals surface area contributed by atoms with E-state index in [2.05, 4.69) is 12.2 Å². The standard InChI is InChI=1S/C16H32N2O2/c1-13(10-17-11-14-8-6-7-9-14)12-18(5)15(19)20-16(2,3)4/h13-14,17H,6-12H2,1-5H3. The van der Waals surface area contributed by atoms with Crippen molar-refractivity contribution in [3.05, 3.63) is 0 Å². The number of amides is 1. The van der Waals surface area contributed by atoms with Gasteiger partial charge in [-0.3, -0.25) is 0 Å². The largest absolute Gasteiger partial charge is 0.444 e. The molecule has 0 aromatic heterocycles. The Morgan fingerprint density at radius 3 is 2.50 bits per heavy atom. The molecule has 0 aromatic rings. The Labute approximate surface area is 124 Å². The quantitative estimate of drug-likeness (QED) is 0.814. The molecule has 20 heavy (non-hydrogen) atoms. The number of carbonyl (C=O) groups excluding carboxylic acids is 1. The van der Waals surface area contributed by atoms with E-state index < -0.39 is 5.60 Å². The molecule has 0 bridgehead atoms. The number of ether oxygens (including phenoxy) is 1. The lowest BCUT2D eigenvalue weighted by Crippen LogP contribution is -2.39. The smallest absolute Gasteiger partial charge is 0.410 e. The van der Waals surface area contributed by atoms with Crippen molar-refractivity contribution in [3.8, 4) is 0 Å². The highest BCUT2D eigenvalue weighted by Crippen LogP contribution is 2.23. The van der Waals surface area contributed by atoms with Crippen molar-refractivity contribution in [1.82, 2.24) is 10.2 Å². The summed E-state index contributed by atoms with van der Waals surface area (Å²) in [6.07, 6.45) is 5.30. The number of rotatable bonds is 6. The summed E-state index contributed by atoms with van der Waals surface area (Å²) in [7, 11) is 1.81. The van der Waals surface area contributed by atoms with Crippen molar-refractivity contribution in [2.24, 2.45) is 11.8 Å². The van der Waals surface area contributed by atoms with Gasteiger partial charge in [-0.15, -0.1) is 0 Å². The molecule has 118 valence electrons. The predicted molar refractivity (Wildman–Crippen MR) is 82.9 cm³/mol. The summed E-state index contributed by atoms with van der Waals surface area (Å²) in [5.41, 5.74) is -0.421. The topological polar surface area (TPSA) is 41.6 Å². The Kier molecular flexibility index (Phi) is 6.80. The second kappa shape index (κ2) is 7.87. The number of nitrogens with one attached hydrogen (secondary N) is 1. The van der Waals surface area contributed by atoms with Gasteiger partial charge in [-0.25, -0.2) is 4.79 Å². The first-order valence-corrected chi connectivity index (χ1v) is 7.93. The molecule has 1 N–H and O–H groups in total. The molecule has 4 heteroatoms. The van der Waals surface area contributed by atoms with Gasteiger partial charge in [0.1, 0.15) is 5.60 Å². The third kappa shape index (κ3) is 7.13. The first-order valence-electron chi connectivity index (χ1n) is 7.93. The van der Waals surface area contributed by atoms with Crippen LogP contribution in [0.5, 0.6) is 0 Å². The van der Waals surface area contributed by atoms with Crippen LogP contribution in [0.3, 0.4) is 0 Å². The van der Waals surface area contributed by atoms with Gasteiger partial charge in [0.15, 0.2) is 0 Å². The molecule has 1 aliphatic carbocycles. The number of nitrogens with zero attached hydrogens (tertiary/aromatic N) is 1. The van der Waals surface area contributed by atoms with Crippen LogP contribution in [0.4, 0.5) is 4.79 Å². The molecule has 1 aliphatic rings. The highest BCUT2D eigenvalue weighted by molar-refractivity contribution is 5.67. The fourth-order valence-electron chi connectivity index (χ4n) is 2.69. The van der Waals surface area contributed by atoms with Crippen molar-refractivity contribution in [1.29, 1.82) is 0 Å². The summed E-state index contributed by atoms with van der Waals surface area (Å²) in [5, 5.41) is 3.54. The summed E-state index contributed by atoms with van der Waals surface area (Å²) in [6.45, 7) is 10.7. The summed E-state index contributed by atoms with van der Waals surface area (Å²) in [5.74, 6) is 1.31. The lowest BCUT2D eigenvalue weighted by atomic mass is 10.1. The Hall–Kier alpha value is -0.770. The highest BCUT2D eigenvalue weighted by atomic mass is 16.6. The van der Waals surface area contributed by atoms with E-state index in [0.29, 0.717) is 5.92 Å². The first kappa shape index (κ1) is 17.3. The lowest BCUT2D eigenvalue weighted by Gasteiger charge is -2.26. The molecule has 0 aliphatic heterocycles. The van der Waals surface area contributed by atoms with Crippen molar-refractivity contribution in [2.75, 3.05) is 26.7 Å². The minimum absolute atomic E-state index is 0.236. The van der Waals surface area contributed by atoms with Gasteiger partial charge < -0.3 is 15.0 Å². The third-order valence-electron chi connectivity index (χ3n) is 3.69. The molecule has 1 fully saturated rings. The van der Waals surface area contributed by atoms with E-state index in [1.807, 2.05) is 27.8 Å². The molecule has 0 radical (unpaired) electrons. The fourth-order valence-corrected chi connectivity index (χ4v) is 2.69. The van der Waals surface area contributed by atoms with Crippen LogP contribution in [0.1, 0.15) is 53.4 Å². The van der Waals surface area contributed by atoms with Crippen molar-refractivity contribution in [3.63, 3.8) is 0 Å². The highest BCUT2D eigenvalue weighted by Gasteiger charge is 2.21. The first-order chi connectivity index (χ1) is 9.28. The SMILES string of the molecule is CC(CNCC1CCCC1)CN(C)C(=O)OC(C)(C)C. The third-order valence-corrected chi connectivity index (χ3v) is 3.69. The van der Waals surface area contributed by atoms with Crippen LogP contribution in [-0.2, 0) is 4.74 Å². The molecule has 1 unspecified atom stereocenters. The van der Waals surface area contributed by atoms with Gasteiger partial charge in [-0.05, 0) is 58.5 Å². The minimum atomic E-state index is -0.421. The maximum Gasteiger partial charge on any atom is 0.410 e. The molecular formula is C16H32N2O2. The van der Waals surface area contributed by atoms with Gasteiger partial charge in [0.2, 0.25) is 0 Å². The van der Waals surface area contributed by atoms with Gasteiger partial charge in [0, 0.05) is 13.6 Å². The van der Waals surface area contributed by atoms with Crippen molar-refractivity contribution >= 4 is 6.09 Å². The van der Waals surface area contributed by atoms with Gasteiger partial charge in [-0.2, -0.15) is 0 Å². The molecule has 0 heterocycles. The Morgan fingerprint density at radius 2 is 1.95 bits per heavy atom. The maximum atomic E-state index is 11.9. The molecule has 0 spiro atoms. The lowest BCUT2D eigenvalue weighted by molar-refractivity contribution is 0.0277. The monoisotopic (exact) mass is 284 g/mol. The van der Waals surface area contributed by atoms with Crippen LogP contribution in [-0.4, -0.2) is 43.3 Å². The van der Waals surface area contributed by atoms with Crippen LogP contribution in [0.15, 0.2) is 0 Å². The van der Waals surface area contributed by atoms with E-state index >= 15 is 0 Å². The van der Waals surface area contributed by atoms with E-state index in [1.165, 1.54) is 25.7 Å². The van der Waals surface area contributed by atoms with Crippen molar-refractivity contribution in [2.45, 2.75) is 59.0 Å². The summed E-state index contributed by atoms with van der Waals surface area (Å²) < 4.78 is 5.35. The Morgan fingerprint density at radius 1 is 1.35 bits per heavy atom. The predicted octanol–water partition coefficient (Wildman–Crippen LogP) is 3.27. The van der Waals surface area contributed by atoms with Crippen LogP contribution in [0.2, 0.25) is 0 Å². The van der Waals surface area contributed by atoms with E-state index in [4.69, 9.17) is 4.74 Å². The summed E-state index contributed by atoms with van der Waals surface area (Å²) in [6, 6.07) is 0. The van der Waals surface area contributed by atoms with Gasteiger partial charge in [0.25, 0.3) is 0 Å². The molecule has 1 saturated carbocycles. The second-order valence-corrected chi connectivity index (χ2v) is 7.27. The van der Waals surface area contributed by atoms with Crippen molar-refractivity contribution < 1.29 is 9.53 Å². The van der Waals surface area contributed by atoms with Crippen LogP contribution >= 0.6 is 0 Å². The zero-order chi connectivity index (χ0) is 15.2. The molecular weight excluding hydrogens is 252 g/mol. The maximum absolute atomic E-state index is 11.9. The number of hydrogen-bond donors (Lipinski definition) is 1. The number of hydrogen-bond acceptors (Lipinski definition) is 3. The Balaban J connectivity index is 2.16.